The molecule has 0 aromatic heterocycles. The number of carboxylic acid groups (broad SMARTS) is 1. The standard InChI is InChI=1S/C14H20F2N2O2/c1-5-18(9(2)8-17(3)4)13-11(15)6-10(14(19)20)7-12(13)16/h6-7,9H,5,8H2,1-4H3,(H,19,20). The van der Waals surface area contributed by atoms with Gasteiger partial charge >= 0.3 is 5.97 Å². The Labute approximate surface area is 117 Å². The van der Waals surface area contributed by atoms with Crippen LogP contribution in [0.15, 0.2) is 12.1 Å². The van der Waals surface area contributed by atoms with E-state index in [4.69, 9.17) is 5.11 Å². The summed E-state index contributed by atoms with van der Waals surface area (Å²) in [7, 11) is 3.76. The van der Waals surface area contributed by atoms with Crippen molar-refractivity contribution in [3.8, 4) is 0 Å². The van der Waals surface area contributed by atoms with Crippen LogP contribution in [0.4, 0.5) is 14.5 Å². The van der Waals surface area contributed by atoms with E-state index in [-0.39, 0.29) is 17.3 Å². The molecule has 1 unspecified atom stereocenters. The average Bonchev–Trinajstić information content (AvgIpc) is 2.32. The third-order valence-corrected chi connectivity index (χ3v) is 3.05. The zero-order valence-corrected chi connectivity index (χ0v) is 12.2. The van der Waals surface area contributed by atoms with E-state index in [1.54, 1.807) is 11.8 Å². The van der Waals surface area contributed by atoms with Crippen LogP contribution in [0.1, 0.15) is 24.2 Å². The molecule has 0 bridgehead atoms. The van der Waals surface area contributed by atoms with Crippen LogP contribution in [-0.2, 0) is 0 Å². The number of halogens is 2. The molecule has 20 heavy (non-hydrogen) atoms. The van der Waals surface area contributed by atoms with E-state index in [9.17, 15) is 13.6 Å². The Morgan fingerprint density at radius 3 is 2.15 bits per heavy atom. The molecule has 1 aromatic rings. The molecule has 0 radical (unpaired) electrons. The Bertz CT molecular complexity index is 469. The summed E-state index contributed by atoms with van der Waals surface area (Å²) in [4.78, 5) is 14.3. The summed E-state index contributed by atoms with van der Waals surface area (Å²) in [5.74, 6) is -3.05. The molecule has 1 atom stereocenters. The SMILES string of the molecule is CCN(c1c(F)cc(C(=O)O)cc1F)C(C)CN(C)C. The van der Waals surface area contributed by atoms with E-state index in [1.165, 1.54) is 0 Å². The number of aromatic carboxylic acids is 1. The molecule has 0 saturated carbocycles. The Kier molecular flexibility index (Phi) is 5.44. The quantitative estimate of drug-likeness (QED) is 0.872. The highest BCUT2D eigenvalue weighted by atomic mass is 19.1. The van der Waals surface area contributed by atoms with Gasteiger partial charge in [-0.1, -0.05) is 0 Å². The summed E-state index contributed by atoms with van der Waals surface area (Å²) in [5, 5.41) is 8.79. The van der Waals surface area contributed by atoms with E-state index in [0.29, 0.717) is 13.1 Å². The number of rotatable bonds is 6. The first-order valence-electron chi connectivity index (χ1n) is 6.41. The minimum Gasteiger partial charge on any atom is -0.478 e. The molecule has 1 aromatic carbocycles. The van der Waals surface area contributed by atoms with Gasteiger partial charge in [0.2, 0.25) is 0 Å². The molecule has 4 nitrogen and oxygen atoms in total. The van der Waals surface area contributed by atoms with Crippen molar-refractivity contribution < 1.29 is 18.7 Å². The van der Waals surface area contributed by atoms with E-state index in [1.807, 2.05) is 25.9 Å². The van der Waals surface area contributed by atoms with E-state index in [2.05, 4.69) is 0 Å². The number of hydrogen-bond donors (Lipinski definition) is 1. The van der Waals surface area contributed by atoms with Crippen molar-refractivity contribution in [2.75, 3.05) is 32.1 Å². The van der Waals surface area contributed by atoms with Crippen LogP contribution < -0.4 is 4.90 Å². The average molecular weight is 286 g/mol. The molecule has 0 spiro atoms. The number of hydrogen-bond acceptors (Lipinski definition) is 3. The molecular formula is C14H20F2N2O2. The zero-order chi connectivity index (χ0) is 15.4. The molecule has 0 saturated heterocycles. The lowest BCUT2D eigenvalue weighted by molar-refractivity contribution is 0.0696. The molecule has 112 valence electrons. The monoisotopic (exact) mass is 286 g/mol. The van der Waals surface area contributed by atoms with Gasteiger partial charge in [0.15, 0.2) is 0 Å². The summed E-state index contributed by atoms with van der Waals surface area (Å²) in [5.41, 5.74) is -0.563. The Hall–Kier alpha value is -1.69. The van der Waals surface area contributed by atoms with Crippen molar-refractivity contribution in [2.24, 2.45) is 0 Å². The fraction of sp³-hybridized carbons (Fsp3) is 0.500. The van der Waals surface area contributed by atoms with Gasteiger partial charge in [0.05, 0.1) is 5.56 Å². The molecule has 1 rings (SSSR count). The summed E-state index contributed by atoms with van der Waals surface area (Å²) in [6.45, 7) is 4.73. The first-order chi connectivity index (χ1) is 9.27. The molecule has 6 heteroatoms. The number of likely N-dealkylation sites (N-methyl/N-ethyl adjacent to an activating group) is 2. The third-order valence-electron chi connectivity index (χ3n) is 3.05. The summed E-state index contributed by atoms with van der Waals surface area (Å²) < 4.78 is 28.1. The molecule has 0 aliphatic rings. The normalized spacial score (nSPS) is 12.6. The second kappa shape index (κ2) is 6.65. The van der Waals surface area contributed by atoms with Crippen LogP contribution in [0, 0.1) is 11.6 Å². The van der Waals surface area contributed by atoms with E-state index in [0.717, 1.165) is 12.1 Å². The molecule has 0 fully saturated rings. The highest BCUT2D eigenvalue weighted by Gasteiger charge is 2.23. The largest absolute Gasteiger partial charge is 0.478 e. The van der Waals surface area contributed by atoms with Gasteiger partial charge < -0.3 is 14.9 Å². The summed E-state index contributed by atoms with van der Waals surface area (Å²) in [6, 6.07) is 1.60. The van der Waals surface area contributed by atoms with E-state index >= 15 is 0 Å². The predicted octanol–water partition coefficient (Wildman–Crippen LogP) is 2.44. The minimum absolute atomic E-state index is 0.102. The lowest BCUT2D eigenvalue weighted by Crippen LogP contribution is -2.41. The number of carbonyl (C=O) groups is 1. The Morgan fingerprint density at radius 2 is 1.80 bits per heavy atom. The topological polar surface area (TPSA) is 43.8 Å². The molecule has 0 amide bonds. The van der Waals surface area contributed by atoms with Crippen molar-refractivity contribution in [3.63, 3.8) is 0 Å². The lowest BCUT2D eigenvalue weighted by Gasteiger charge is -2.32. The molecular weight excluding hydrogens is 266 g/mol. The van der Waals surface area contributed by atoms with Gasteiger partial charge in [0.25, 0.3) is 0 Å². The number of benzene rings is 1. The first kappa shape index (κ1) is 16.4. The number of anilines is 1. The van der Waals surface area contributed by atoms with Crippen LogP contribution in [0.3, 0.4) is 0 Å². The molecule has 1 N–H and O–H groups in total. The third kappa shape index (κ3) is 3.66. The van der Waals surface area contributed by atoms with E-state index < -0.39 is 17.6 Å². The molecule has 0 aliphatic heterocycles. The summed E-state index contributed by atoms with van der Waals surface area (Å²) in [6.07, 6.45) is 0. The van der Waals surface area contributed by atoms with Gasteiger partial charge in [-0.25, -0.2) is 13.6 Å². The lowest BCUT2D eigenvalue weighted by atomic mass is 10.1. The smallest absolute Gasteiger partial charge is 0.335 e. The fourth-order valence-electron chi connectivity index (χ4n) is 2.28. The second-order valence-electron chi connectivity index (χ2n) is 4.99. The van der Waals surface area contributed by atoms with Crippen LogP contribution in [0.5, 0.6) is 0 Å². The van der Waals surface area contributed by atoms with Gasteiger partial charge in [0.1, 0.15) is 17.3 Å². The fourth-order valence-corrected chi connectivity index (χ4v) is 2.28. The van der Waals surface area contributed by atoms with Crippen LogP contribution in [-0.4, -0.2) is 49.2 Å². The van der Waals surface area contributed by atoms with Crippen molar-refractivity contribution in [2.45, 2.75) is 19.9 Å². The van der Waals surface area contributed by atoms with Gasteiger partial charge in [-0.05, 0) is 40.1 Å². The van der Waals surface area contributed by atoms with Crippen LogP contribution in [0.25, 0.3) is 0 Å². The van der Waals surface area contributed by atoms with Crippen molar-refractivity contribution >= 4 is 11.7 Å². The first-order valence-corrected chi connectivity index (χ1v) is 6.41. The number of nitrogens with zero attached hydrogens (tertiary/aromatic N) is 2. The minimum atomic E-state index is -1.35. The second-order valence-corrected chi connectivity index (χ2v) is 4.99. The van der Waals surface area contributed by atoms with Gasteiger partial charge in [-0.2, -0.15) is 0 Å². The van der Waals surface area contributed by atoms with Gasteiger partial charge in [-0.15, -0.1) is 0 Å². The zero-order valence-electron chi connectivity index (χ0n) is 12.2. The highest BCUT2D eigenvalue weighted by molar-refractivity contribution is 5.88. The maximum atomic E-state index is 14.0. The maximum Gasteiger partial charge on any atom is 0.335 e. The summed E-state index contributed by atoms with van der Waals surface area (Å²) >= 11 is 0. The maximum absolute atomic E-state index is 14.0. The number of carboxylic acids is 1. The van der Waals surface area contributed by atoms with Gasteiger partial charge in [0, 0.05) is 19.1 Å². The van der Waals surface area contributed by atoms with Crippen LogP contribution in [0.2, 0.25) is 0 Å². The Morgan fingerprint density at radius 1 is 1.30 bits per heavy atom. The molecule has 0 heterocycles. The van der Waals surface area contributed by atoms with Gasteiger partial charge in [-0.3, -0.25) is 0 Å². The predicted molar refractivity (Wildman–Crippen MR) is 74.4 cm³/mol. The van der Waals surface area contributed by atoms with Crippen molar-refractivity contribution in [1.82, 2.24) is 4.90 Å². The van der Waals surface area contributed by atoms with Crippen molar-refractivity contribution in [1.29, 1.82) is 0 Å². The van der Waals surface area contributed by atoms with Crippen molar-refractivity contribution in [3.05, 3.63) is 29.3 Å². The highest BCUT2D eigenvalue weighted by Crippen LogP contribution is 2.26. The Balaban J connectivity index is 3.19. The van der Waals surface area contributed by atoms with Crippen LogP contribution >= 0.6 is 0 Å². The molecule has 0 aliphatic carbocycles.